The molecule has 9 nitrogen and oxygen atoms in total. The van der Waals surface area contributed by atoms with Gasteiger partial charge in [-0.3, -0.25) is 15.1 Å². The molecule has 0 aliphatic heterocycles. The van der Waals surface area contributed by atoms with Crippen LogP contribution < -0.4 is 16.0 Å². The van der Waals surface area contributed by atoms with E-state index in [4.69, 9.17) is 11.6 Å². The van der Waals surface area contributed by atoms with Crippen LogP contribution in [-0.4, -0.2) is 38.4 Å². The number of carbonyl (C=O) groups excluding carboxylic acids is 2. The fourth-order valence-electron chi connectivity index (χ4n) is 2.43. The summed E-state index contributed by atoms with van der Waals surface area (Å²) in [4.78, 5) is 41.1. The van der Waals surface area contributed by atoms with E-state index < -0.39 is 5.91 Å². The lowest BCUT2D eigenvalue weighted by Gasteiger charge is -2.10. The van der Waals surface area contributed by atoms with Crippen molar-refractivity contribution in [2.24, 2.45) is 0 Å². The molecule has 0 saturated heterocycles. The van der Waals surface area contributed by atoms with Gasteiger partial charge in [0.25, 0.3) is 5.91 Å². The molecule has 148 valence electrons. The zero-order valence-corrected chi connectivity index (χ0v) is 16.5. The van der Waals surface area contributed by atoms with Gasteiger partial charge < -0.3 is 10.6 Å². The highest BCUT2D eigenvalue weighted by Crippen LogP contribution is 2.22. The molecule has 3 rings (SSSR count). The van der Waals surface area contributed by atoms with Gasteiger partial charge in [0.15, 0.2) is 5.82 Å². The van der Waals surface area contributed by atoms with E-state index in [-0.39, 0.29) is 22.6 Å². The lowest BCUT2D eigenvalue weighted by Crippen LogP contribution is -2.28. The van der Waals surface area contributed by atoms with Crippen LogP contribution >= 0.6 is 11.6 Å². The van der Waals surface area contributed by atoms with Crippen LogP contribution in [0.2, 0.25) is 5.02 Å². The van der Waals surface area contributed by atoms with Crippen LogP contribution in [0.3, 0.4) is 0 Å². The van der Waals surface area contributed by atoms with Crippen molar-refractivity contribution < 1.29 is 9.59 Å². The molecular formula is C19H18ClN7O2. The maximum atomic E-state index is 12.6. The number of aryl methyl sites for hydroxylation is 1. The number of benzene rings is 1. The van der Waals surface area contributed by atoms with Crippen molar-refractivity contribution >= 4 is 35.2 Å². The molecular weight excluding hydrogens is 394 g/mol. The summed E-state index contributed by atoms with van der Waals surface area (Å²) in [5.41, 5.74) is 1.24. The van der Waals surface area contributed by atoms with Gasteiger partial charge in [0.05, 0.1) is 10.6 Å². The summed E-state index contributed by atoms with van der Waals surface area (Å²) in [5.74, 6) is 0.380. The molecule has 2 aromatic heterocycles. The van der Waals surface area contributed by atoms with Crippen molar-refractivity contribution in [1.82, 2.24) is 25.3 Å². The van der Waals surface area contributed by atoms with Crippen molar-refractivity contribution in [3.05, 3.63) is 59.0 Å². The van der Waals surface area contributed by atoms with Crippen LogP contribution in [0.4, 0.5) is 16.4 Å². The van der Waals surface area contributed by atoms with Gasteiger partial charge in [0.2, 0.25) is 5.95 Å². The van der Waals surface area contributed by atoms with Crippen molar-refractivity contribution in [1.29, 1.82) is 0 Å². The Morgan fingerprint density at radius 2 is 1.90 bits per heavy atom. The molecule has 3 aromatic rings. The number of pyridine rings is 1. The largest absolute Gasteiger partial charge is 0.338 e. The number of urea groups is 1. The van der Waals surface area contributed by atoms with Crippen molar-refractivity contribution in [3.8, 4) is 11.5 Å². The third-order valence-corrected chi connectivity index (χ3v) is 3.99. The topological polar surface area (TPSA) is 122 Å². The number of rotatable bonds is 5. The minimum absolute atomic E-state index is 0.0868. The number of halogens is 1. The van der Waals surface area contributed by atoms with E-state index in [1.54, 1.807) is 31.3 Å². The second kappa shape index (κ2) is 9.07. The SMILES string of the molecule is CCNC(=O)Nc1ccc(C(=O)Nc2nc(C)nc(-c3ccccn3)n2)c(Cl)c1. The first-order valence-corrected chi connectivity index (χ1v) is 9.14. The van der Waals surface area contributed by atoms with Gasteiger partial charge in [-0.1, -0.05) is 17.7 Å². The molecule has 29 heavy (non-hydrogen) atoms. The molecule has 2 heterocycles. The van der Waals surface area contributed by atoms with Crippen LogP contribution in [0.5, 0.6) is 0 Å². The average molecular weight is 412 g/mol. The molecule has 0 atom stereocenters. The number of anilines is 2. The van der Waals surface area contributed by atoms with E-state index in [1.807, 2.05) is 13.0 Å². The van der Waals surface area contributed by atoms with Crippen molar-refractivity contribution in [3.63, 3.8) is 0 Å². The van der Waals surface area contributed by atoms with Gasteiger partial charge in [-0.2, -0.15) is 9.97 Å². The Labute approximate surface area is 172 Å². The molecule has 0 radical (unpaired) electrons. The van der Waals surface area contributed by atoms with Gasteiger partial charge in [-0.15, -0.1) is 0 Å². The quantitative estimate of drug-likeness (QED) is 0.592. The van der Waals surface area contributed by atoms with Crippen LogP contribution in [-0.2, 0) is 0 Å². The predicted molar refractivity (Wildman–Crippen MR) is 110 cm³/mol. The maximum absolute atomic E-state index is 12.6. The van der Waals surface area contributed by atoms with Crippen LogP contribution in [0.15, 0.2) is 42.6 Å². The Balaban J connectivity index is 1.78. The second-order valence-corrected chi connectivity index (χ2v) is 6.29. The molecule has 3 amide bonds. The molecule has 0 aliphatic carbocycles. The summed E-state index contributed by atoms with van der Waals surface area (Å²) in [6.07, 6.45) is 1.63. The summed E-state index contributed by atoms with van der Waals surface area (Å²) in [5, 5.41) is 8.03. The van der Waals surface area contributed by atoms with E-state index in [0.717, 1.165) is 0 Å². The molecule has 10 heteroatoms. The van der Waals surface area contributed by atoms with E-state index >= 15 is 0 Å². The first-order valence-electron chi connectivity index (χ1n) is 8.76. The molecule has 3 N–H and O–H groups in total. The fraction of sp³-hybridized carbons (Fsp3) is 0.158. The lowest BCUT2D eigenvalue weighted by molar-refractivity contribution is 0.102. The molecule has 0 spiro atoms. The summed E-state index contributed by atoms with van der Waals surface area (Å²) in [6, 6.07) is 9.58. The first-order chi connectivity index (χ1) is 14.0. The summed E-state index contributed by atoms with van der Waals surface area (Å²) in [6.45, 7) is 3.99. The zero-order chi connectivity index (χ0) is 20.8. The highest BCUT2D eigenvalue weighted by molar-refractivity contribution is 6.34. The Morgan fingerprint density at radius 1 is 1.07 bits per heavy atom. The molecule has 0 aliphatic rings. The van der Waals surface area contributed by atoms with E-state index in [2.05, 4.69) is 35.9 Å². The number of amides is 3. The van der Waals surface area contributed by atoms with E-state index in [9.17, 15) is 9.59 Å². The highest BCUT2D eigenvalue weighted by atomic mass is 35.5. The minimum Gasteiger partial charge on any atom is -0.338 e. The molecule has 0 saturated carbocycles. The van der Waals surface area contributed by atoms with E-state index in [0.29, 0.717) is 29.6 Å². The number of nitrogens with one attached hydrogen (secondary N) is 3. The fourth-order valence-corrected chi connectivity index (χ4v) is 2.70. The normalized spacial score (nSPS) is 10.3. The molecule has 0 bridgehead atoms. The van der Waals surface area contributed by atoms with Gasteiger partial charge in [0, 0.05) is 18.4 Å². The number of carbonyl (C=O) groups is 2. The Bertz CT molecular complexity index is 1040. The monoisotopic (exact) mass is 411 g/mol. The third kappa shape index (κ3) is 5.23. The zero-order valence-electron chi connectivity index (χ0n) is 15.7. The lowest BCUT2D eigenvalue weighted by atomic mass is 10.2. The molecule has 0 fully saturated rings. The number of aromatic nitrogens is 4. The van der Waals surface area contributed by atoms with Gasteiger partial charge in [-0.25, -0.2) is 9.78 Å². The van der Waals surface area contributed by atoms with Gasteiger partial charge in [0.1, 0.15) is 11.5 Å². The molecule has 1 aromatic carbocycles. The van der Waals surface area contributed by atoms with Crippen LogP contribution in [0, 0.1) is 6.92 Å². The Kier molecular flexibility index (Phi) is 6.30. The second-order valence-electron chi connectivity index (χ2n) is 5.88. The Morgan fingerprint density at radius 3 is 2.59 bits per heavy atom. The van der Waals surface area contributed by atoms with Crippen LogP contribution in [0.1, 0.15) is 23.1 Å². The summed E-state index contributed by atoms with van der Waals surface area (Å²) >= 11 is 6.21. The van der Waals surface area contributed by atoms with Gasteiger partial charge in [-0.05, 0) is 44.2 Å². The maximum Gasteiger partial charge on any atom is 0.319 e. The highest BCUT2D eigenvalue weighted by Gasteiger charge is 2.15. The first kappa shape index (κ1) is 20.2. The van der Waals surface area contributed by atoms with Gasteiger partial charge >= 0.3 is 6.03 Å². The van der Waals surface area contributed by atoms with E-state index in [1.165, 1.54) is 12.1 Å². The van der Waals surface area contributed by atoms with Crippen molar-refractivity contribution in [2.75, 3.05) is 17.2 Å². The van der Waals surface area contributed by atoms with Crippen LogP contribution in [0.25, 0.3) is 11.5 Å². The smallest absolute Gasteiger partial charge is 0.319 e. The number of nitrogens with zero attached hydrogens (tertiary/aromatic N) is 4. The number of hydrogen-bond donors (Lipinski definition) is 3. The minimum atomic E-state index is -0.489. The predicted octanol–water partition coefficient (Wildman–Crippen LogP) is 3.29. The number of hydrogen-bond acceptors (Lipinski definition) is 6. The third-order valence-electron chi connectivity index (χ3n) is 3.68. The van der Waals surface area contributed by atoms with Crippen molar-refractivity contribution in [2.45, 2.75) is 13.8 Å². The average Bonchev–Trinajstić information content (AvgIpc) is 2.68. The summed E-state index contributed by atoms with van der Waals surface area (Å²) in [7, 11) is 0. The Hall–Kier alpha value is -3.59. The molecule has 0 unspecified atom stereocenters. The standard InChI is InChI=1S/C19H18ClN7O2/c1-3-21-19(29)25-12-7-8-13(14(20)10-12)17(28)27-18-24-11(2)23-16(26-18)15-6-4-5-9-22-15/h4-10H,3H2,1-2H3,(H2,21,25,29)(H,23,24,26,27,28). The summed E-state index contributed by atoms with van der Waals surface area (Å²) < 4.78 is 0.